The molecule has 0 saturated carbocycles. The topological polar surface area (TPSA) is 25.4 Å². The van der Waals surface area contributed by atoms with Gasteiger partial charge in [0.15, 0.2) is 0 Å². The van der Waals surface area contributed by atoms with Crippen molar-refractivity contribution in [1.29, 1.82) is 0 Å². The number of anilines is 1. The molecule has 94 valence electrons. The summed E-state index contributed by atoms with van der Waals surface area (Å²) in [5, 5.41) is 1.26. The van der Waals surface area contributed by atoms with Gasteiger partial charge in [-0.15, -0.1) is 0 Å². The highest BCUT2D eigenvalue weighted by Gasteiger charge is 2.16. The maximum absolute atomic E-state index is 5.44. The van der Waals surface area contributed by atoms with Crippen molar-refractivity contribution in [2.24, 2.45) is 0 Å². The molecule has 0 bridgehead atoms. The highest BCUT2D eigenvalue weighted by Crippen LogP contribution is 2.30. The first-order valence-electron chi connectivity index (χ1n) is 6.44. The number of pyridine rings is 1. The van der Waals surface area contributed by atoms with Gasteiger partial charge in [0, 0.05) is 24.7 Å². The van der Waals surface area contributed by atoms with Gasteiger partial charge in [-0.25, -0.2) is 0 Å². The summed E-state index contributed by atoms with van der Waals surface area (Å²) >= 11 is 0. The molecule has 0 atom stereocenters. The second-order valence-electron chi connectivity index (χ2n) is 4.91. The minimum Gasteiger partial charge on any atom is -0.378 e. The number of aryl methyl sites for hydroxylation is 2. The normalized spacial score (nSPS) is 16.2. The van der Waals surface area contributed by atoms with Crippen molar-refractivity contribution in [2.45, 2.75) is 13.8 Å². The van der Waals surface area contributed by atoms with E-state index >= 15 is 0 Å². The van der Waals surface area contributed by atoms with E-state index < -0.39 is 0 Å². The molecule has 1 aromatic carbocycles. The van der Waals surface area contributed by atoms with Gasteiger partial charge in [0.25, 0.3) is 0 Å². The molecular weight excluding hydrogens is 224 g/mol. The molecule has 0 spiro atoms. The first kappa shape index (κ1) is 11.5. The summed E-state index contributed by atoms with van der Waals surface area (Å²) in [6.45, 7) is 7.83. The summed E-state index contributed by atoms with van der Waals surface area (Å²) in [5.41, 5.74) is 4.93. The molecule has 0 radical (unpaired) electrons. The predicted molar refractivity (Wildman–Crippen MR) is 74.2 cm³/mol. The van der Waals surface area contributed by atoms with E-state index in [4.69, 9.17) is 4.74 Å². The smallest absolute Gasteiger partial charge is 0.0723 e. The van der Waals surface area contributed by atoms with E-state index in [0.29, 0.717) is 0 Å². The van der Waals surface area contributed by atoms with Crippen molar-refractivity contribution in [3.05, 3.63) is 35.5 Å². The molecule has 0 unspecified atom stereocenters. The molecule has 18 heavy (non-hydrogen) atoms. The minimum absolute atomic E-state index is 0.815. The predicted octanol–water partition coefficient (Wildman–Crippen LogP) is 2.69. The number of morpholine rings is 1. The number of aromatic nitrogens is 1. The summed E-state index contributed by atoms with van der Waals surface area (Å²) in [6.07, 6.45) is 1.97. The number of hydrogen-bond acceptors (Lipinski definition) is 3. The maximum atomic E-state index is 5.44. The van der Waals surface area contributed by atoms with Crippen molar-refractivity contribution in [3.63, 3.8) is 0 Å². The van der Waals surface area contributed by atoms with Gasteiger partial charge in [0.2, 0.25) is 0 Å². The number of ether oxygens (including phenoxy) is 1. The molecule has 3 nitrogen and oxygen atoms in total. The Morgan fingerprint density at radius 1 is 1.17 bits per heavy atom. The standard InChI is InChI=1S/C15H18N2O/c1-11-3-4-14-13(9-11)15(12(2)10-16-14)17-5-7-18-8-6-17/h3-4,9-10H,5-8H2,1-2H3. The lowest BCUT2D eigenvalue weighted by Gasteiger charge is -2.31. The van der Waals surface area contributed by atoms with Gasteiger partial charge in [0.05, 0.1) is 24.4 Å². The highest BCUT2D eigenvalue weighted by molar-refractivity contribution is 5.93. The van der Waals surface area contributed by atoms with Crippen LogP contribution in [-0.2, 0) is 4.74 Å². The van der Waals surface area contributed by atoms with Crippen LogP contribution in [0.4, 0.5) is 5.69 Å². The Labute approximate surface area is 107 Å². The van der Waals surface area contributed by atoms with Crippen molar-refractivity contribution in [3.8, 4) is 0 Å². The molecular formula is C15H18N2O. The summed E-state index contributed by atoms with van der Waals surface area (Å²) in [7, 11) is 0. The molecule has 0 N–H and O–H groups in total. The fourth-order valence-electron chi connectivity index (χ4n) is 2.60. The van der Waals surface area contributed by atoms with Gasteiger partial charge in [-0.2, -0.15) is 0 Å². The zero-order chi connectivity index (χ0) is 12.5. The summed E-state index contributed by atoms with van der Waals surface area (Å²) in [5.74, 6) is 0. The van der Waals surface area contributed by atoms with E-state index in [-0.39, 0.29) is 0 Å². The largest absolute Gasteiger partial charge is 0.378 e. The van der Waals surface area contributed by atoms with Gasteiger partial charge in [-0.05, 0) is 31.5 Å². The Bertz CT molecular complexity index is 569. The number of benzene rings is 1. The molecule has 0 amide bonds. The van der Waals surface area contributed by atoms with Crippen LogP contribution < -0.4 is 4.90 Å². The van der Waals surface area contributed by atoms with Crippen LogP contribution in [-0.4, -0.2) is 31.3 Å². The van der Waals surface area contributed by atoms with E-state index in [2.05, 4.69) is 41.9 Å². The highest BCUT2D eigenvalue weighted by atomic mass is 16.5. The molecule has 1 aromatic heterocycles. The van der Waals surface area contributed by atoms with Crippen molar-refractivity contribution < 1.29 is 4.74 Å². The minimum atomic E-state index is 0.815. The second-order valence-corrected chi connectivity index (χ2v) is 4.91. The van der Waals surface area contributed by atoms with Crippen LogP contribution in [0.1, 0.15) is 11.1 Å². The zero-order valence-corrected chi connectivity index (χ0v) is 10.9. The molecule has 1 aliphatic heterocycles. The summed E-state index contributed by atoms with van der Waals surface area (Å²) < 4.78 is 5.44. The Hall–Kier alpha value is -1.61. The van der Waals surface area contributed by atoms with Crippen LogP contribution >= 0.6 is 0 Å². The Morgan fingerprint density at radius 3 is 2.72 bits per heavy atom. The van der Waals surface area contributed by atoms with Crippen LogP contribution in [0.5, 0.6) is 0 Å². The average Bonchev–Trinajstić information content (AvgIpc) is 2.39. The molecule has 2 aromatic rings. The molecule has 2 heterocycles. The first-order valence-corrected chi connectivity index (χ1v) is 6.44. The number of nitrogens with zero attached hydrogens (tertiary/aromatic N) is 2. The van der Waals surface area contributed by atoms with Crippen molar-refractivity contribution in [1.82, 2.24) is 4.98 Å². The van der Waals surface area contributed by atoms with E-state index in [0.717, 1.165) is 31.8 Å². The maximum Gasteiger partial charge on any atom is 0.0723 e. The SMILES string of the molecule is Cc1ccc2ncc(C)c(N3CCOCC3)c2c1. The van der Waals surface area contributed by atoms with Gasteiger partial charge < -0.3 is 9.64 Å². The van der Waals surface area contributed by atoms with Gasteiger partial charge in [-0.3, -0.25) is 4.98 Å². The zero-order valence-electron chi connectivity index (χ0n) is 10.9. The Balaban J connectivity index is 2.18. The fourth-order valence-corrected chi connectivity index (χ4v) is 2.60. The van der Waals surface area contributed by atoms with Gasteiger partial charge in [-0.1, -0.05) is 11.6 Å². The first-order chi connectivity index (χ1) is 8.75. The number of fused-ring (bicyclic) bond motifs is 1. The average molecular weight is 242 g/mol. The number of hydrogen-bond donors (Lipinski definition) is 0. The van der Waals surface area contributed by atoms with Crippen LogP contribution in [0.2, 0.25) is 0 Å². The third kappa shape index (κ3) is 1.95. The number of rotatable bonds is 1. The van der Waals surface area contributed by atoms with Crippen LogP contribution in [0.15, 0.2) is 24.4 Å². The molecule has 1 fully saturated rings. The Morgan fingerprint density at radius 2 is 1.94 bits per heavy atom. The van der Waals surface area contributed by atoms with E-state index in [1.54, 1.807) is 0 Å². The van der Waals surface area contributed by atoms with E-state index in [9.17, 15) is 0 Å². The van der Waals surface area contributed by atoms with E-state index in [1.165, 1.54) is 22.2 Å². The Kier molecular flexibility index (Phi) is 2.92. The molecule has 0 aliphatic carbocycles. The van der Waals surface area contributed by atoms with Gasteiger partial charge in [0.1, 0.15) is 0 Å². The fraction of sp³-hybridized carbons (Fsp3) is 0.400. The van der Waals surface area contributed by atoms with Gasteiger partial charge >= 0.3 is 0 Å². The third-order valence-electron chi connectivity index (χ3n) is 3.51. The monoisotopic (exact) mass is 242 g/mol. The molecule has 1 saturated heterocycles. The van der Waals surface area contributed by atoms with E-state index in [1.807, 2.05) is 6.20 Å². The quantitative estimate of drug-likeness (QED) is 0.768. The molecule has 3 heteroatoms. The van der Waals surface area contributed by atoms with Crippen LogP contribution in [0.25, 0.3) is 10.9 Å². The lowest BCUT2D eigenvalue weighted by atomic mass is 10.1. The second kappa shape index (κ2) is 4.58. The lowest BCUT2D eigenvalue weighted by molar-refractivity contribution is 0.123. The summed E-state index contributed by atoms with van der Waals surface area (Å²) in [4.78, 5) is 6.94. The molecule has 3 rings (SSSR count). The molecule has 1 aliphatic rings. The van der Waals surface area contributed by atoms with Crippen LogP contribution in [0, 0.1) is 13.8 Å². The summed E-state index contributed by atoms with van der Waals surface area (Å²) in [6, 6.07) is 6.46. The van der Waals surface area contributed by atoms with Crippen molar-refractivity contribution in [2.75, 3.05) is 31.2 Å². The van der Waals surface area contributed by atoms with Crippen LogP contribution in [0.3, 0.4) is 0 Å². The van der Waals surface area contributed by atoms with Crippen molar-refractivity contribution >= 4 is 16.6 Å². The third-order valence-corrected chi connectivity index (χ3v) is 3.51. The lowest BCUT2D eigenvalue weighted by Crippen LogP contribution is -2.36.